The molecule has 5 rings (SSSR count). The summed E-state index contributed by atoms with van der Waals surface area (Å²) in [6.45, 7) is 10.1. The van der Waals surface area contributed by atoms with Crippen LogP contribution in [0.15, 0.2) is 12.2 Å². The van der Waals surface area contributed by atoms with E-state index in [0.717, 1.165) is 32.1 Å². The van der Waals surface area contributed by atoms with Gasteiger partial charge in [0.2, 0.25) is 0 Å². The van der Waals surface area contributed by atoms with Crippen molar-refractivity contribution in [1.82, 2.24) is 0 Å². The van der Waals surface area contributed by atoms with Gasteiger partial charge in [0.15, 0.2) is 0 Å². The van der Waals surface area contributed by atoms with Gasteiger partial charge in [-0.2, -0.15) is 0 Å². The Balaban J connectivity index is 1.42. The molecule has 1 N–H and O–H groups in total. The lowest BCUT2D eigenvalue weighted by Gasteiger charge is -2.61. The molecular formula is C25H36O4. The molecule has 0 spiro atoms. The van der Waals surface area contributed by atoms with Gasteiger partial charge in [0.25, 0.3) is 0 Å². The molecule has 0 saturated heterocycles. The number of allylic oxidation sites excluding steroid dienone is 1. The molecule has 4 saturated carbocycles. The van der Waals surface area contributed by atoms with E-state index in [9.17, 15) is 14.7 Å². The molecule has 0 unspecified atom stereocenters. The number of ketones is 1. The van der Waals surface area contributed by atoms with E-state index in [1.54, 1.807) is 0 Å². The third-order valence-electron chi connectivity index (χ3n) is 9.60. The highest BCUT2D eigenvalue weighted by atomic mass is 16.5. The zero-order valence-electron chi connectivity index (χ0n) is 18.5. The second kappa shape index (κ2) is 5.75. The SMILES string of the molecule is CC(C)(C)C(=O)O[C@H]1CC[C@]2(C)[C@H]3CC[C@]4(C)C(=O)[C@H]5C[C@H]5[C@H]4[C@@H]3C=C[C@@]2(O)C1. The van der Waals surface area contributed by atoms with Crippen LogP contribution in [0, 0.1) is 45.8 Å². The van der Waals surface area contributed by atoms with Gasteiger partial charge in [0, 0.05) is 23.2 Å². The van der Waals surface area contributed by atoms with Crippen molar-refractivity contribution >= 4 is 11.8 Å². The molecule has 0 amide bonds. The Hall–Kier alpha value is -1.16. The van der Waals surface area contributed by atoms with E-state index >= 15 is 0 Å². The minimum atomic E-state index is -0.936. The molecule has 0 radical (unpaired) electrons. The van der Waals surface area contributed by atoms with Gasteiger partial charge in [0.05, 0.1) is 11.0 Å². The van der Waals surface area contributed by atoms with Crippen molar-refractivity contribution in [3.05, 3.63) is 12.2 Å². The van der Waals surface area contributed by atoms with E-state index < -0.39 is 11.0 Å². The molecule has 9 atom stereocenters. The molecule has 4 heteroatoms. The smallest absolute Gasteiger partial charge is 0.311 e. The fourth-order valence-corrected chi connectivity index (χ4v) is 7.69. The summed E-state index contributed by atoms with van der Waals surface area (Å²) in [5.41, 5.74) is -1.83. The van der Waals surface area contributed by atoms with E-state index in [4.69, 9.17) is 4.74 Å². The van der Waals surface area contributed by atoms with Crippen LogP contribution < -0.4 is 0 Å². The van der Waals surface area contributed by atoms with Crippen molar-refractivity contribution in [3.8, 4) is 0 Å². The number of Topliss-reactive ketones (excluding diaryl/α,β-unsaturated/α-hetero) is 1. The minimum absolute atomic E-state index is 0.148. The number of carbonyl (C=O) groups excluding carboxylic acids is 2. The van der Waals surface area contributed by atoms with Crippen molar-refractivity contribution in [2.75, 3.05) is 0 Å². The van der Waals surface area contributed by atoms with Gasteiger partial charge in [0.1, 0.15) is 11.9 Å². The molecule has 0 heterocycles. The lowest BCUT2D eigenvalue weighted by molar-refractivity contribution is -0.187. The monoisotopic (exact) mass is 400 g/mol. The van der Waals surface area contributed by atoms with Gasteiger partial charge in [-0.1, -0.05) is 26.0 Å². The minimum Gasteiger partial charge on any atom is -0.462 e. The summed E-state index contributed by atoms with van der Waals surface area (Å²) < 4.78 is 5.80. The molecule has 5 aliphatic carbocycles. The number of esters is 1. The van der Waals surface area contributed by atoms with Crippen LogP contribution in [0.25, 0.3) is 0 Å². The lowest BCUT2D eigenvalue weighted by Crippen LogP contribution is -2.61. The molecule has 0 aromatic heterocycles. The summed E-state index contributed by atoms with van der Waals surface area (Å²) in [4.78, 5) is 25.3. The summed E-state index contributed by atoms with van der Waals surface area (Å²) >= 11 is 0. The Kier molecular flexibility index (Phi) is 3.92. The van der Waals surface area contributed by atoms with Crippen LogP contribution >= 0.6 is 0 Å². The molecule has 0 aromatic rings. The third kappa shape index (κ3) is 2.53. The summed E-state index contributed by atoms with van der Waals surface area (Å²) in [5, 5.41) is 11.8. The molecule has 5 aliphatic rings. The maximum Gasteiger partial charge on any atom is 0.311 e. The van der Waals surface area contributed by atoms with Gasteiger partial charge in [-0.25, -0.2) is 0 Å². The fourth-order valence-electron chi connectivity index (χ4n) is 7.69. The fraction of sp³-hybridized carbons (Fsp3) is 0.840. The normalized spacial score (nSPS) is 52.8. The van der Waals surface area contributed by atoms with Gasteiger partial charge >= 0.3 is 5.97 Å². The third-order valence-corrected chi connectivity index (χ3v) is 9.60. The molecule has 4 nitrogen and oxygen atoms in total. The van der Waals surface area contributed by atoms with E-state index in [1.807, 2.05) is 26.8 Å². The number of carbonyl (C=O) groups is 2. The second-order valence-corrected chi connectivity index (χ2v) is 12.3. The van der Waals surface area contributed by atoms with Crippen LogP contribution in [0.4, 0.5) is 0 Å². The highest BCUT2D eigenvalue weighted by molar-refractivity contribution is 5.92. The molecular weight excluding hydrogens is 364 g/mol. The zero-order chi connectivity index (χ0) is 21.0. The zero-order valence-corrected chi connectivity index (χ0v) is 18.5. The van der Waals surface area contributed by atoms with Crippen LogP contribution in [-0.2, 0) is 14.3 Å². The Morgan fingerprint density at radius 1 is 1.21 bits per heavy atom. The van der Waals surface area contributed by atoms with Crippen LogP contribution in [0.5, 0.6) is 0 Å². The topological polar surface area (TPSA) is 63.6 Å². The predicted molar refractivity (Wildman–Crippen MR) is 110 cm³/mol. The summed E-state index contributed by atoms with van der Waals surface area (Å²) in [7, 11) is 0. The Morgan fingerprint density at radius 2 is 1.93 bits per heavy atom. The highest BCUT2D eigenvalue weighted by Gasteiger charge is 2.71. The Morgan fingerprint density at radius 3 is 2.62 bits per heavy atom. The van der Waals surface area contributed by atoms with Gasteiger partial charge in [-0.05, 0) is 76.5 Å². The quantitative estimate of drug-likeness (QED) is 0.526. The van der Waals surface area contributed by atoms with Gasteiger partial charge < -0.3 is 9.84 Å². The van der Waals surface area contributed by atoms with E-state index in [1.165, 1.54) is 0 Å². The number of aliphatic hydroxyl groups is 1. The van der Waals surface area contributed by atoms with Crippen molar-refractivity contribution < 1.29 is 19.4 Å². The maximum absolute atomic E-state index is 12.9. The average Bonchev–Trinajstić information content (AvgIpc) is 3.37. The summed E-state index contributed by atoms with van der Waals surface area (Å²) in [6.07, 6.45) is 9.27. The van der Waals surface area contributed by atoms with Crippen LogP contribution in [0.1, 0.15) is 73.1 Å². The number of hydrogen-bond acceptors (Lipinski definition) is 4. The summed E-state index contributed by atoms with van der Waals surface area (Å²) in [6, 6.07) is 0. The van der Waals surface area contributed by atoms with E-state index in [-0.39, 0.29) is 22.9 Å². The highest BCUT2D eigenvalue weighted by Crippen LogP contribution is 2.71. The number of ether oxygens (including phenoxy) is 1. The number of fused-ring (bicyclic) bond motifs is 7. The standard InChI is InChI=1S/C25H36O4/c1-22(2,3)21(27)29-14-6-10-24(5)18-8-9-23(4)19(16-12-17(16)20(23)26)15(18)7-11-25(24,28)13-14/h7,11,14-19,28H,6,8-10,12-13H2,1-5H3/t14-,15+,16+,17-,18-,19+,23-,24+,25+/m0/s1. The maximum atomic E-state index is 12.9. The molecule has 29 heavy (non-hydrogen) atoms. The largest absolute Gasteiger partial charge is 0.462 e. The van der Waals surface area contributed by atoms with E-state index in [2.05, 4.69) is 19.9 Å². The van der Waals surface area contributed by atoms with Crippen molar-refractivity contribution in [2.24, 2.45) is 45.8 Å². The molecule has 160 valence electrons. The van der Waals surface area contributed by atoms with Crippen molar-refractivity contribution in [2.45, 2.75) is 84.8 Å². The molecule has 4 fully saturated rings. The van der Waals surface area contributed by atoms with Crippen LogP contribution in [-0.4, -0.2) is 28.6 Å². The molecule has 0 aliphatic heterocycles. The Labute approximate surface area is 174 Å². The van der Waals surface area contributed by atoms with E-state index in [0.29, 0.717) is 41.8 Å². The van der Waals surface area contributed by atoms with Crippen LogP contribution in [0.2, 0.25) is 0 Å². The molecule has 0 aromatic carbocycles. The van der Waals surface area contributed by atoms with Gasteiger partial charge in [-0.3, -0.25) is 9.59 Å². The average molecular weight is 401 g/mol. The summed E-state index contributed by atoms with van der Waals surface area (Å²) in [5.74, 6) is 2.47. The van der Waals surface area contributed by atoms with Crippen LogP contribution in [0.3, 0.4) is 0 Å². The Bertz CT molecular complexity index is 793. The number of rotatable bonds is 1. The van der Waals surface area contributed by atoms with Crippen molar-refractivity contribution in [1.29, 1.82) is 0 Å². The first kappa shape index (κ1) is 19.8. The first-order chi connectivity index (χ1) is 13.4. The van der Waals surface area contributed by atoms with Gasteiger partial charge in [-0.15, -0.1) is 0 Å². The number of hydrogen-bond donors (Lipinski definition) is 1. The predicted octanol–water partition coefficient (Wildman–Crippen LogP) is 4.30. The first-order valence-corrected chi connectivity index (χ1v) is 11.6. The van der Waals surface area contributed by atoms with Crippen molar-refractivity contribution in [3.63, 3.8) is 0 Å². The molecule has 0 bridgehead atoms. The first-order valence-electron chi connectivity index (χ1n) is 11.6. The second-order valence-electron chi connectivity index (χ2n) is 12.3. The lowest BCUT2D eigenvalue weighted by atomic mass is 9.45.